The van der Waals surface area contributed by atoms with Crippen LogP contribution in [-0.4, -0.2) is 22.1 Å². The number of rotatable bonds is 4. The lowest BCUT2D eigenvalue weighted by Gasteiger charge is -2.07. The van der Waals surface area contributed by atoms with Crippen LogP contribution in [0, 0.1) is 0 Å². The number of hydrogen-bond donors (Lipinski definition) is 1. The molecule has 22 heavy (non-hydrogen) atoms. The molecule has 0 bridgehead atoms. The summed E-state index contributed by atoms with van der Waals surface area (Å²) in [6.45, 7) is 0. The van der Waals surface area contributed by atoms with Crippen molar-refractivity contribution in [3.05, 3.63) is 59.9 Å². The van der Waals surface area contributed by atoms with Crippen LogP contribution in [0.4, 0.5) is 11.6 Å². The second-order valence-corrected chi connectivity index (χ2v) is 4.81. The molecule has 0 aliphatic rings. The first-order valence-corrected chi connectivity index (χ1v) is 7.00. The molecule has 0 saturated carbocycles. The largest absolute Gasteiger partial charge is 0.497 e. The Labute approximate surface area is 133 Å². The number of hydrogen-bond acceptors (Lipinski definition) is 5. The number of anilines is 2. The molecule has 3 aromatic rings. The van der Waals surface area contributed by atoms with E-state index in [0.717, 1.165) is 17.0 Å². The zero-order valence-corrected chi connectivity index (χ0v) is 12.6. The first kappa shape index (κ1) is 14.3. The highest BCUT2D eigenvalue weighted by molar-refractivity contribution is 6.28. The average Bonchev–Trinajstić information content (AvgIpc) is 2.55. The molecule has 0 atom stereocenters. The third-order valence-corrected chi connectivity index (χ3v) is 3.14. The molecule has 0 amide bonds. The molecule has 0 saturated heterocycles. The number of benzene rings is 2. The lowest BCUT2D eigenvalue weighted by atomic mass is 10.2. The van der Waals surface area contributed by atoms with Crippen molar-refractivity contribution in [1.29, 1.82) is 0 Å². The fourth-order valence-corrected chi connectivity index (χ4v) is 2.11. The minimum absolute atomic E-state index is 0.131. The van der Waals surface area contributed by atoms with Crippen LogP contribution in [0.3, 0.4) is 0 Å². The van der Waals surface area contributed by atoms with Gasteiger partial charge < -0.3 is 10.1 Å². The molecule has 6 heteroatoms. The number of ether oxygens (including phenoxy) is 1. The van der Waals surface area contributed by atoms with Crippen LogP contribution < -0.4 is 10.1 Å². The number of aromatic nitrogens is 3. The van der Waals surface area contributed by atoms with Gasteiger partial charge in [0.05, 0.1) is 7.11 Å². The zero-order chi connectivity index (χ0) is 15.4. The molecule has 5 nitrogen and oxygen atoms in total. The van der Waals surface area contributed by atoms with E-state index in [4.69, 9.17) is 16.3 Å². The van der Waals surface area contributed by atoms with Crippen molar-refractivity contribution in [2.45, 2.75) is 0 Å². The maximum atomic E-state index is 6.01. The molecule has 1 heterocycles. The monoisotopic (exact) mass is 312 g/mol. The molecule has 1 aromatic heterocycles. The Hall–Kier alpha value is -2.66. The van der Waals surface area contributed by atoms with E-state index >= 15 is 0 Å². The third-order valence-electron chi connectivity index (χ3n) is 2.97. The van der Waals surface area contributed by atoms with E-state index in [0.29, 0.717) is 11.8 Å². The molecule has 0 unspecified atom stereocenters. The highest BCUT2D eigenvalue weighted by Gasteiger charge is 2.08. The van der Waals surface area contributed by atoms with Gasteiger partial charge in [0.25, 0.3) is 0 Å². The Kier molecular flexibility index (Phi) is 4.16. The second-order valence-electron chi connectivity index (χ2n) is 4.47. The summed E-state index contributed by atoms with van der Waals surface area (Å²) >= 11 is 6.01. The molecule has 2 aromatic carbocycles. The molecule has 0 aliphatic heterocycles. The van der Waals surface area contributed by atoms with Gasteiger partial charge in [0.15, 0.2) is 5.82 Å². The number of nitrogens with zero attached hydrogens (tertiary/aromatic N) is 3. The molecular weight excluding hydrogens is 300 g/mol. The fourth-order valence-electron chi connectivity index (χ4n) is 1.95. The number of halogens is 1. The van der Waals surface area contributed by atoms with Crippen molar-refractivity contribution in [3.8, 4) is 17.1 Å². The molecule has 1 N–H and O–H groups in total. The summed E-state index contributed by atoms with van der Waals surface area (Å²) in [5.41, 5.74) is 1.68. The summed E-state index contributed by atoms with van der Waals surface area (Å²) in [6, 6.07) is 17.1. The van der Waals surface area contributed by atoms with Gasteiger partial charge >= 0.3 is 0 Å². The van der Waals surface area contributed by atoms with E-state index in [2.05, 4.69) is 20.3 Å². The highest BCUT2D eigenvalue weighted by atomic mass is 35.5. The van der Waals surface area contributed by atoms with E-state index in [-0.39, 0.29) is 5.28 Å². The summed E-state index contributed by atoms with van der Waals surface area (Å²) in [5, 5.41) is 3.24. The smallest absolute Gasteiger partial charge is 0.232 e. The van der Waals surface area contributed by atoms with Crippen molar-refractivity contribution in [1.82, 2.24) is 15.0 Å². The Balaban J connectivity index is 1.95. The van der Waals surface area contributed by atoms with Crippen LogP contribution in [-0.2, 0) is 0 Å². The first-order chi connectivity index (χ1) is 10.7. The summed E-state index contributed by atoms with van der Waals surface area (Å²) in [4.78, 5) is 12.7. The van der Waals surface area contributed by atoms with Crippen molar-refractivity contribution in [3.63, 3.8) is 0 Å². The lowest BCUT2D eigenvalue weighted by molar-refractivity contribution is 0.415. The topological polar surface area (TPSA) is 59.9 Å². The molecule has 0 fully saturated rings. The molecule has 0 spiro atoms. The number of methoxy groups -OCH3 is 1. The standard InChI is InChI=1S/C16H13ClN4O/c1-22-13-9-5-6-11(10-13)14-19-15(17)21-16(20-14)18-12-7-3-2-4-8-12/h2-10H,1H3,(H,18,19,20,21). The molecule has 0 aliphatic carbocycles. The maximum Gasteiger partial charge on any atom is 0.232 e. The van der Waals surface area contributed by atoms with Crippen molar-refractivity contribution < 1.29 is 4.74 Å². The van der Waals surface area contributed by atoms with Crippen LogP contribution in [0.5, 0.6) is 5.75 Å². The molecule has 0 radical (unpaired) electrons. The Bertz CT molecular complexity index is 780. The zero-order valence-electron chi connectivity index (χ0n) is 11.8. The Morgan fingerprint density at radius 1 is 0.955 bits per heavy atom. The van der Waals surface area contributed by atoms with Gasteiger partial charge in [-0.1, -0.05) is 30.3 Å². The van der Waals surface area contributed by atoms with Crippen LogP contribution in [0.2, 0.25) is 5.28 Å². The fraction of sp³-hybridized carbons (Fsp3) is 0.0625. The minimum Gasteiger partial charge on any atom is -0.497 e. The average molecular weight is 313 g/mol. The Morgan fingerprint density at radius 3 is 2.55 bits per heavy atom. The summed E-state index contributed by atoms with van der Waals surface area (Å²) < 4.78 is 5.21. The van der Waals surface area contributed by atoms with Crippen LogP contribution in [0.15, 0.2) is 54.6 Å². The van der Waals surface area contributed by atoms with Gasteiger partial charge in [-0.05, 0) is 35.9 Å². The van der Waals surface area contributed by atoms with Gasteiger partial charge in [0.1, 0.15) is 5.75 Å². The third kappa shape index (κ3) is 3.32. The summed E-state index contributed by atoms with van der Waals surface area (Å²) in [5.74, 6) is 1.60. The predicted molar refractivity (Wildman–Crippen MR) is 86.5 cm³/mol. The summed E-state index contributed by atoms with van der Waals surface area (Å²) in [7, 11) is 1.61. The molecule has 3 rings (SSSR count). The number of nitrogens with one attached hydrogen (secondary N) is 1. The van der Waals surface area contributed by atoms with Crippen molar-refractivity contribution in [2.24, 2.45) is 0 Å². The lowest BCUT2D eigenvalue weighted by Crippen LogP contribution is -2.01. The van der Waals surface area contributed by atoms with Gasteiger partial charge in [0, 0.05) is 11.3 Å². The SMILES string of the molecule is COc1cccc(-c2nc(Cl)nc(Nc3ccccc3)n2)c1. The van der Waals surface area contributed by atoms with Crippen LogP contribution >= 0.6 is 11.6 Å². The van der Waals surface area contributed by atoms with E-state index < -0.39 is 0 Å². The Morgan fingerprint density at radius 2 is 1.77 bits per heavy atom. The normalized spacial score (nSPS) is 10.3. The van der Waals surface area contributed by atoms with Gasteiger partial charge in [-0.3, -0.25) is 0 Å². The van der Waals surface area contributed by atoms with E-state index in [9.17, 15) is 0 Å². The molecule has 110 valence electrons. The van der Waals surface area contributed by atoms with Crippen molar-refractivity contribution in [2.75, 3.05) is 12.4 Å². The summed E-state index contributed by atoms with van der Waals surface area (Å²) in [6.07, 6.45) is 0. The van der Waals surface area contributed by atoms with Crippen molar-refractivity contribution >= 4 is 23.2 Å². The van der Waals surface area contributed by atoms with Crippen LogP contribution in [0.1, 0.15) is 0 Å². The second kappa shape index (κ2) is 6.41. The first-order valence-electron chi connectivity index (χ1n) is 6.63. The maximum absolute atomic E-state index is 6.01. The van der Waals surface area contributed by atoms with Gasteiger partial charge in [-0.15, -0.1) is 0 Å². The highest BCUT2D eigenvalue weighted by Crippen LogP contribution is 2.23. The predicted octanol–water partition coefficient (Wildman–Crippen LogP) is 3.94. The number of para-hydroxylation sites is 1. The van der Waals surface area contributed by atoms with E-state index in [1.165, 1.54) is 0 Å². The van der Waals surface area contributed by atoms with Crippen LogP contribution in [0.25, 0.3) is 11.4 Å². The van der Waals surface area contributed by atoms with Gasteiger partial charge in [-0.25, -0.2) is 0 Å². The quantitative estimate of drug-likeness (QED) is 0.790. The minimum atomic E-state index is 0.131. The van der Waals surface area contributed by atoms with E-state index in [1.54, 1.807) is 7.11 Å². The molecular formula is C16H13ClN4O. The van der Waals surface area contributed by atoms with E-state index in [1.807, 2.05) is 54.6 Å². The van der Waals surface area contributed by atoms with Gasteiger partial charge in [-0.2, -0.15) is 15.0 Å². The van der Waals surface area contributed by atoms with Gasteiger partial charge in [0.2, 0.25) is 11.2 Å².